The zero-order valence-corrected chi connectivity index (χ0v) is 10.9. The van der Waals surface area contributed by atoms with Gasteiger partial charge in [-0.2, -0.15) is 0 Å². The average Bonchev–Trinajstić information content (AvgIpc) is 2.41. The van der Waals surface area contributed by atoms with Crippen molar-refractivity contribution in [3.8, 4) is 0 Å². The molecule has 1 aromatic carbocycles. The van der Waals surface area contributed by atoms with E-state index in [0.29, 0.717) is 12.1 Å². The van der Waals surface area contributed by atoms with Gasteiger partial charge in [0.1, 0.15) is 6.04 Å². The fourth-order valence-electron chi connectivity index (χ4n) is 1.64. The van der Waals surface area contributed by atoms with Crippen LogP contribution in [0.15, 0.2) is 42.5 Å². The molecule has 102 valence electrons. The molecule has 4 N–H and O–H groups in total. The zero-order valence-electron chi connectivity index (χ0n) is 10.9. The lowest BCUT2D eigenvalue weighted by Crippen LogP contribution is -2.42. The third-order valence-corrected chi connectivity index (χ3v) is 2.53. The van der Waals surface area contributed by atoms with Crippen LogP contribution < -0.4 is 16.4 Å². The van der Waals surface area contributed by atoms with Crippen molar-refractivity contribution < 1.29 is 9.59 Å². The first-order chi connectivity index (χ1) is 9.15. The smallest absolute Gasteiger partial charge is 0.313 e. The maximum atomic E-state index is 12.0. The number of urea groups is 1. The molecule has 1 rings (SSSR count). The highest BCUT2D eigenvalue weighted by atomic mass is 16.2. The zero-order chi connectivity index (χ0) is 14.1. The van der Waals surface area contributed by atoms with Crippen LogP contribution in [-0.4, -0.2) is 18.5 Å². The monoisotopic (exact) mass is 261 g/mol. The Kier molecular flexibility index (Phi) is 6.15. The Balaban J connectivity index is 2.68. The van der Waals surface area contributed by atoms with Gasteiger partial charge in [-0.3, -0.25) is 4.79 Å². The second kappa shape index (κ2) is 7.92. The fourth-order valence-corrected chi connectivity index (χ4v) is 1.64. The molecule has 0 bridgehead atoms. The van der Waals surface area contributed by atoms with Crippen molar-refractivity contribution in [1.82, 2.24) is 10.6 Å². The van der Waals surface area contributed by atoms with E-state index >= 15 is 0 Å². The quantitative estimate of drug-likeness (QED) is 0.535. The largest absolute Gasteiger partial charge is 0.354 e. The van der Waals surface area contributed by atoms with Gasteiger partial charge in [0, 0.05) is 6.54 Å². The summed E-state index contributed by atoms with van der Waals surface area (Å²) in [6, 6.07) is 7.50. The molecule has 0 saturated heterocycles. The van der Waals surface area contributed by atoms with Crippen molar-refractivity contribution in [2.24, 2.45) is 5.73 Å². The second-order valence-corrected chi connectivity index (χ2v) is 4.00. The van der Waals surface area contributed by atoms with Crippen molar-refractivity contribution in [3.63, 3.8) is 0 Å². The molecule has 0 spiro atoms. The van der Waals surface area contributed by atoms with Crippen molar-refractivity contribution in [2.45, 2.75) is 19.4 Å². The Morgan fingerprint density at radius 3 is 2.58 bits per heavy atom. The number of hydrogen-bond donors (Lipinski definition) is 3. The maximum absolute atomic E-state index is 12.0. The van der Waals surface area contributed by atoms with Crippen LogP contribution in [-0.2, 0) is 4.79 Å². The number of nitrogens with two attached hydrogens (primary N) is 1. The highest BCUT2D eigenvalue weighted by molar-refractivity contribution is 5.87. The van der Waals surface area contributed by atoms with E-state index in [2.05, 4.69) is 10.6 Å². The molecular formula is C14H19N3O2. The van der Waals surface area contributed by atoms with E-state index < -0.39 is 12.1 Å². The summed E-state index contributed by atoms with van der Waals surface area (Å²) in [4.78, 5) is 23.0. The van der Waals surface area contributed by atoms with Crippen LogP contribution in [0.1, 0.15) is 24.9 Å². The van der Waals surface area contributed by atoms with Gasteiger partial charge in [0.2, 0.25) is 5.91 Å². The number of carbonyl (C=O) groups excluding carboxylic acids is 2. The van der Waals surface area contributed by atoms with Gasteiger partial charge in [-0.15, -0.1) is 0 Å². The van der Waals surface area contributed by atoms with Crippen molar-refractivity contribution in [1.29, 1.82) is 0 Å². The van der Waals surface area contributed by atoms with E-state index in [0.717, 1.165) is 6.42 Å². The number of rotatable bonds is 6. The number of amides is 3. The molecule has 19 heavy (non-hydrogen) atoms. The first-order valence-corrected chi connectivity index (χ1v) is 6.15. The number of allylic oxidation sites excluding steroid dienone is 1. The standard InChI is InChI=1S/C14H19N3O2/c1-2-3-7-10-16-13(18)12(17-14(15)19)11-8-5-4-6-9-11/h2-6,8-9,12H,7,10H2,1H3,(H,16,18)(H3,15,17,19)/b3-2+. The topological polar surface area (TPSA) is 84.2 Å². The van der Waals surface area contributed by atoms with Crippen molar-refractivity contribution >= 4 is 11.9 Å². The predicted octanol–water partition coefficient (Wildman–Crippen LogP) is 1.48. The van der Waals surface area contributed by atoms with Crippen LogP contribution in [0.3, 0.4) is 0 Å². The summed E-state index contributed by atoms with van der Waals surface area (Å²) in [5.41, 5.74) is 5.80. The van der Waals surface area contributed by atoms with Crippen LogP contribution in [0, 0.1) is 0 Å². The summed E-state index contributed by atoms with van der Waals surface area (Å²) < 4.78 is 0. The molecule has 0 aliphatic heterocycles. The van der Waals surface area contributed by atoms with Crippen LogP contribution in [0.4, 0.5) is 4.79 Å². The van der Waals surface area contributed by atoms with E-state index in [1.165, 1.54) is 0 Å². The molecule has 5 heteroatoms. The molecule has 0 radical (unpaired) electrons. The minimum absolute atomic E-state index is 0.269. The van der Waals surface area contributed by atoms with Gasteiger partial charge in [0.05, 0.1) is 0 Å². The van der Waals surface area contributed by atoms with Crippen LogP contribution >= 0.6 is 0 Å². The summed E-state index contributed by atoms with van der Waals surface area (Å²) in [6.45, 7) is 2.44. The molecule has 0 aliphatic rings. The molecule has 0 heterocycles. The van der Waals surface area contributed by atoms with Gasteiger partial charge in [0.25, 0.3) is 0 Å². The van der Waals surface area contributed by atoms with E-state index in [4.69, 9.17) is 5.73 Å². The molecule has 0 aliphatic carbocycles. The van der Waals surface area contributed by atoms with E-state index in [-0.39, 0.29) is 5.91 Å². The summed E-state index contributed by atoms with van der Waals surface area (Å²) in [6.07, 6.45) is 4.63. The number of benzene rings is 1. The van der Waals surface area contributed by atoms with E-state index in [9.17, 15) is 9.59 Å². The van der Waals surface area contributed by atoms with Gasteiger partial charge >= 0.3 is 6.03 Å². The van der Waals surface area contributed by atoms with Crippen molar-refractivity contribution in [2.75, 3.05) is 6.54 Å². The lowest BCUT2D eigenvalue weighted by atomic mass is 10.1. The molecule has 3 amide bonds. The number of hydrogen-bond acceptors (Lipinski definition) is 2. The third kappa shape index (κ3) is 5.25. The van der Waals surface area contributed by atoms with Gasteiger partial charge < -0.3 is 16.4 Å². The minimum Gasteiger partial charge on any atom is -0.354 e. The SMILES string of the molecule is C/C=C/CCNC(=O)C(NC(N)=O)c1ccccc1. The molecule has 0 fully saturated rings. The Bertz CT molecular complexity index is 443. The van der Waals surface area contributed by atoms with Gasteiger partial charge in [-0.05, 0) is 18.9 Å². The molecule has 1 atom stereocenters. The molecule has 5 nitrogen and oxygen atoms in total. The summed E-state index contributed by atoms with van der Waals surface area (Å²) >= 11 is 0. The highest BCUT2D eigenvalue weighted by Crippen LogP contribution is 2.12. The maximum Gasteiger partial charge on any atom is 0.313 e. The first-order valence-electron chi connectivity index (χ1n) is 6.15. The lowest BCUT2D eigenvalue weighted by molar-refractivity contribution is -0.123. The Morgan fingerprint density at radius 2 is 2.00 bits per heavy atom. The Labute approximate surface area is 112 Å². The fraction of sp³-hybridized carbons (Fsp3) is 0.286. The second-order valence-electron chi connectivity index (χ2n) is 4.00. The van der Waals surface area contributed by atoms with Crippen molar-refractivity contribution in [3.05, 3.63) is 48.0 Å². The van der Waals surface area contributed by atoms with Gasteiger partial charge in [0.15, 0.2) is 0 Å². The normalized spacial score (nSPS) is 12.1. The molecule has 1 aromatic rings. The summed E-state index contributed by atoms with van der Waals surface area (Å²) in [5.74, 6) is -0.269. The lowest BCUT2D eigenvalue weighted by Gasteiger charge is -2.17. The summed E-state index contributed by atoms with van der Waals surface area (Å²) in [5, 5.41) is 5.21. The Morgan fingerprint density at radius 1 is 1.32 bits per heavy atom. The average molecular weight is 261 g/mol. The molecule has 1 unspecified atom stereocenters. The van der Waals surface area contributed by atoms with Crippen LogP contribution in [0.2, 0.25) is 0 Å². The summed E-state index contributed by atoms with van der Waals surface area (Å²) in [7, 11) is 0. The van der Waals surface area contributed by atoms with Crippen LogP contribution in [0.25, 0.3) is 0 Å². The Hall–Kier alpha value is -2.30. The molecular weight excluding hydrogens is 242 g/mol. The van der Waals surface area contributed by atoms with E-state index in [1.807, 2.05) is 25.1 Å². The number of primary amides is 1. The molecule has 0 saturated carbocycles. The van der Waals surface area contributed by atoms with Crippen LogP contribution in [0.5, 0.6) is 0 Å². The first kappa shape index (κ1) is 14.8. The van der Waals surface area contributed by atoms with E-state index in [1.54, 1.807) is 24.3 Å². The third-order valence-electron chi connectivity index (χ3n) is 2.53. The van der Waals surface area contributed by atoms with Gasteiger partial charge in [-0.25, -0.2) is 4.79 Å². The highest BCUT2D eigenvalue weighted by Gasteiger charge is 2.20. The number of nitrogens with one attached hydrogen (secondary N) is 2. The van der Waals surface area contributed by atoms with Gasteiger partial charge in [-0.1, -0.05) is 42.5 Å². The minimum atomic E-state index is -0.760. The number of carbonyl (C=O) groups is 2. The molecule has 0 aromatic heterocycles. The predicted molar refractivity (Wildman–Crippen MR) is 74.3 cm³/mol.